The Hall–Kier alpha value is -1.14. The summed E-state index contributed by atoms with van der Waals surface area (Å²) in [6, 6.07) is 0. The molecule has 0 bridgehead atoms. The first-order chi connectivity index (χ1) is 10.2. The molecule has 2 fully saturated rings. The van der Waals surface area contributed by atoms with Crippen LogP contribution in [-0.2, 0) is 14.3 Å². The molecule has 2 rings (SSSR count). The number of morpholine rings is 1. The fraction of sp³-hybridized carbons (Fsp3) is 0.867. The standard InChI is InChI=1S/C15H27N3O3/c1-2-8-17-14(20)15(6-4-3-5-7-15)18-13(19)12-11-16-9-10-21-12/h12,16H,2-11H2,1H3,(H,17,20)(H,18,19). The van der Waals surface area contributed by atoms with Crippen molar-refractivity contribution in [2.45, 2.75) is 57.1 Å². The zero-order valence-corrected chi connectivity index (χ0v) is 12.9. The Balaban J connectivity index is 2.01. The third kappa shape index (κ3) is 4.17. The highest BCUT2D eigenvalue weighted by molar-refractivity contribution is 5.93. The predicted octanol–water partition coefficient (Wildman–Crippen LogP) is 0.320. The highest BCUT2D eigenvalue weighted by atomic mass is 16.5. The van der Waals surface area contributed by atoms with E-state index in [4.69, 9.17) is 4.74 Å². The Bertz CT molecular complexity index is 361. The van der Waals surface area contributed by atoms with E-state index in [2.05, 4.69) is 16.0 Å². The second-order valence-corrected chi connectivity index (χ2v) is 5.95. The highest BCUT2D eigenvalue weighted by Gasteiger charge is 2.42. The molecule has 0 aromatic rings. The lowest BCUT2D eigenvalue weighted by atomic mass is 9.80. The van der Waals surface area contributed by atoms with E-state index >= 15 is 0 Å². The average Bonchev–Trinajstić information content (AvgIpc) is 2.54. The van der Waals surface area contributed by atoms with Gasteiger partial charge in [-0.15, -0.1) is 0 Å². The molecule has 2 aliphatic rings. The van der Waals surface area contributed by atoms with Crippen molar-refractivity contribution in [1.29, 1.82) is 0 Å². The number of amides is 2. The molecular formula is C15H27N3O3. The van der Waals surface area contributed by atoms with E-state index in [0.29, 0.717) is 32.5 Å². The van der Waals surface area contributed by atoms with Crippen LogP contribution in [0, 0.1) is 0 Å². The van der Waals surface area contributed by atoms with E-state index in [1.165, 1.54) is 0 Å². The van der Waals surface area contributed by atoms with Crippen molar-refractivity contribution in [3.63, 3.8) is 0 Å². The lowest BCUT2D eigenvalue weighted by Gasteiger charge is -2.38. The number of rotatable bonds is 5. The lowest BCUT2D eigenvalue weighted by molar-refractivity contribution is -0.142. The van der Waals surface area contributed by atoms with E-state index in [1.54, 1.807) is 0 Å². The fourth-order valence-corrected chi connectivity index (χ4v) is 3.02. The molecular weight excluding hydrogens is 270 g/mol. The van der Waals surface area contributed by atoms with Crippen LogP contribution in [0.15, 0.2) is 0 Å². The van der Waals surface area contributed by atoms with Crippen molar-refractivity contribution in [1.82, 2.24) is 16.0 Å². The van der Waals surface area contributed by atoms with Gasteiger partial charge in [-0.1, -0.05) is 26.2 Å². The number of carbonyl (C=O) groups is 2. The van der Waals surface area contributed by atoms with Gasteiger partial charge in [0, 0.05) is 19.6 Å². The highest BCUT2D eigenvalue weighted by Crippen LogP contribution is 2.28. The molecule has 0 aromatic heterocycles. The summed E-state index contributed by atoms with van der Waals surface area (Å²) in [6.07, 6.45) is 4.92. The zero-order chi connectivity index (χ0) is 15.1. The van der Waals surface area contributed by atoms with Crippen molar-refractivity contribution < 1.29 is 14.3 Å². The summed E-state index contributed by atoms with van der Waals surface area (Å²) < 4.78 is 5.48. The normalized spacial score (nSPS) is 25.1. The van der Waals surface area contributed by atoms with Crippen LogP contribution in [0.2, 0.25) is 0 Å². The molecule has 3 N–H and O–H groups in total. The molecule has 0 radical (unpaired) electrons. The third-order valence-electron chi connectivity index (χ3n) is 4.26. The first-order valence-electron chi connectivity index (χ1n) is 8.10. The van der Waals surface area contributed by atoms with Gasteiger partial charge in [-0.25, -0.2) is 0 Å². The van der Waals surface area contributed by atoms with Crippen LogP contribution >= 0.6 is 0 Å². The van der Waals surface area contributed by atoms with Crippen molar-refractivity contribution in [2.24, 2.45) is 0 Å². The monoisotopic (exact) mass is 297 g/mol. The minimum absolute atomic E-state index is 0.0406. The van der Waals surface area contributed by atoms with Gasteiger partial charge in [-0.3, -0.25) is 9.59 Å². The molecule has 2 amide bonds. The average molecular weight is 297 g/mol. The van der Waals surface area contributed by atoms with E-state index in [9.17, 15) is 9.59 Å². The maximum Gasteiger partial charge on any atom is 0.251 e. The topological polar surface area (TPSA) is 79.5 Å². The van der Waals surface area contributed by atoms with Crippen LogP contribution in [-0.4, -0.2) is 49.7 Å². The Kier molecular flexibility index (Phi) is 5.99. The van der Waals surface area contributed by atoms with Gasteiger partial charge in [-0.05, 0) is 19.3 Å². The molecule has 0 aromatic carbocycles. The summed E-state index contributed by atoms with van der Waals surface area (Å²) in [7, 11) is 0. The number of ether oxygens (including phenoxy) is 1. The number of carbonyl (C=O) groups excluding carboxylic acids is 2. The predicted molar refractivity (Wildman–Crippen MR) is 79.9 cm³/mol. The molecule has 0 spiro atoms. The Morgan fingerprint density at radius 1 is 1.29 bits per heavy atom. The third-order valence-corrected chi connectivity index (χ3v) is 4.26. The number of hydrogen-bond donors (Lipinski definition) is 3. The van der Waals surface area contributed by atoms with Crippen LogP contribution < -0.4 is 16.0 Å². The van der Waals surface area contributed by atoms with E-state index in [0.717, 1.165) is 32.2 Å². The van der Waals surface area contributed by atoms with Gasteiger partial charge in [0.15, 0.2) is 0 Å². The van der Waals surface area contributed by atoms with Crippen LogP contribution in [0.5, 0.6) is 0 Å². The molecule has 1 aliphatic heterocycles. The molecule has 21 heavy (non-hydrogen) atoms. The molecule has 1 saturated heterocycles. The molecule has 1 unspecified atom stereocenters. The Morgan fingerprint density at radius 3 is 2.67 bits per heavy atom. The van der Waals surface area contributed by atoms with Crippen LogP contribution in [0.3, 0.4) is 0 Å². The maximum absolute atomic E-state index is 12.5. The van der Waals surface area contributed by atoms with Gasteiger partial charge in [0.1, 0.15) is 11.6 Å². The first kappa shape index (κ1) is 16.2. The molecule has 1 atom stereocenters. The van der Waals surface area contributed by atoms with Gasteiger partial charge in [0.2, 0.25) is 5.91 Å². The van der Waals surface area contributed by atoms with Gasteiger partial charge in [0.25, 0.3) is 5.91 Å². The minimum Gasteiger partial charge on any atom is -0.366 e. The van der Waals surface area contributed by atoms with Crippen molar-refractivity contribution in [3.05, 3.63) is 0 Å². The molecule has 6 nitrogen and oxygen atoms in total. The van der Waals surface area contributed by atoms with Crippen LogP contribution in [0.1, 0.15) is 45.4 Å². The van der Waals surface area contributed by atoms with Gasteiger partial charge in [0.05, 0.1) is 6.61 Å². The SMILES string of the molecule is CCCNC(=O)C1(NC(=O)C2CNCCO2)CCCCC1. The second kappa shape index (κ2) is 7.75. The van der Waals surface area contributed by atoms with Crippen molar-refractivity contribution >= 4 is 11.8 Å². The van der Waals surface area contributed by atoms with E-state index < -0.39 is 11.6 Å². The molecule has 1 saturated carbocycles. The van der Waals surface area contributed by atoms with Crippen LogP contribution in [0.4, 0.5) is 0 Å². The van der Waals surface area contributed by atoms with Gasteiger partial charge >= 0.3 is 0 Å². The fourth-order valence-electron chi connectivity index (χ4n) is 3.02. The summed E-state index contributed by atoms with van der Waals surface area (Å²) in [5.41, 5.74) is -0.745. The molecule has 1 heterocycles. The molecule has 120 valence electrons. The van der Waals surface area contributed by atoms with Crippen molar-refractivity contribution in [3.8, 4) is 0 Å². The second-order valence-electron chi connectivity index (χ2n) is 5.95. The van der Waals surface area contributed by atoms with Crippen molar-refractivity contribution in [2.75, 3.05) is 26.2 Å². The van der Waals surface area contributed by atoms with E-state index in [-0.39, 0.29) is 11.8 Å². The first-order valence-corrected chi connectivity index (χ1v) is 8.10. The summed E-state index contributed by atoms with van der Waals surface area (Å²) in [6.45, 7) is 4.49. The minimum atomic E-state index is -0.745. The van der Waals surface area contributed by atoms with Gasteiger partial charge < -0.3 is 20.7 Å². The Labute approximate surface area is 126 Å². The number of nitrogens with one attached hydrogen (secondary N) is 3. The summed E-state index contributed by atoms with van der Waals surface area (Å²) in [5.74, 6) is -0.211. The maximum atomic E-state index is 12.5. The van der Waals surface area contributed by atoms with Gasteiger partial charge in [-0.2, -0.15) is 0 Å². The number of hydrogen-bond acceptors (Lipinski definition) is 4. The summed E-state index contributed by atoms with van der Waals surface area (Å²) >= 11 is 0. The largest absolute Gasteiger partial charge is 0.366 e. The molecule has 1 aliphatic carbocycles. The zero-order valence-electron chi connectivity index (χ0n) is 12.9. The summed E-state index contributed by atoms with van der Waals surface area (Å²) in [4.78, 5) is 24.9. The van der Waals surface area contributed by atoms with E-state index in [1.807, 2.05) is 6.92 Å². The smallest absolute Gasteiger partial charge is 0.251 e. The molecule has 6 heteroatoms. The van der Waals surface area contributed by atoms with Crippen LogP contribution in [0.25, 0.3) is 0 Å². The quantitative estimate of drug-likeness (QED) is 0.683. The Morgan fingerprint density at radius 2 is 2.05 bits per heavy atom. The summed E-state index contributed by atoms with van der Waals surface area (Å²) in [5, 5.41) is 9.08. The lowest BCUT2D eigenvalue weighted by Crippen LogP contribution is -2.62.